The molecule has 0 saturated heterocycles. The summed E-state index contributed by atoms with van der Waals surface area (Å²) in [5.74, 6) is -1.36. The number of carbonyl (C=O) groups excluding carboxylic acids is 2. The SMILES string of the molecule is O=C1OC(=O)c2nc1cc1ccccc21. The molecule has 4 nitrogen and oxygen atoms in total. The van der Waals surface area contributed by atoms with Gasteiger partial charge in [0.05, 0.1) is 0 Å². The van der Waals surface area contributed by atoms with Gasteiger partial charge in [-0.05, 0) is 11.5 Å². The Morgan fingerprint density at radius 2 is 1.87 bits per heavy atom. The first-order valence-electron chi connectivity index (χ1n) is 4.42. The van der Waals surface area contributed by atoms with Gasteiger partial charge in [-0.25, -0.2) is 14.6 Å². The van der Waals surface area contributed by atoms with Gasteiger partial charge in [-0.15, -0.1) is 0 Å². The maximum atomic E-state index is 11.4. The molecule has 0 N–H and O–H groups in total. The Morgan fingerprint density at radius 3 is 2.73 bits per heavy atom. The molecule has 1 aromatic carbocycles. The summed E-state index contributed by atoms with van der Waals surface area (Å²) in [6, 6.07) is 8.87. The van der Waals surface area contributed by atoms with Crippen molar-refractivity contribution < 1.29 is 14.3 Å². The maximum Gasteiger partial charge on any atom is 0.365 e. The average molecular weight is 199 g/mol. The fraction of sp³-hybridized carbons (Fsp3) is 0. The number of ether oxygens (including phenoxy) is 1. The first kappa shape index (κ1) is 8.11. The van der Waals surface area contributed by atoms with Crippen LogP contribution in [-0.4, -0.2) is 16.9 Å². The van der Waals surface area contributed by atoms with Crippen LogP contribution in [0.25, 0.3) is 10.8 Å². The highest BCUT2D eigenvalue weighted by molar-refractivity contribution is 6.12. The summed E-state index contributed by atoms with van der Waals surface area (Å²) in [5.41, 5.74) is 0.394. The number of hydrogen-bond donors (Lipinski definition) is 0. The van der Waals surface area contributed by atoms with E-state index in [2.05, 4.69) is 9.72 Å². The minimum Gasteiger partial charge on any atom is -0.383 e. The maximum absolute atomic E-state index is 11.4. The Hall–Kier alpha value is -2.23. The van der Waals surface area contributed by atoms with Crippen LogP contribution in [0.15, 0.2) is 30.3 Å². The van der Waals surface area contributed by atoms with E-state index in [9.17, 15) is 9.59 Å². The molecule has 4 heteroatoms. The van der Waals surface area contributed by atoms with Crippen molar-refractivity contribution >= 4 is 22.7 Å². The zero-order chi connectivity index (χ0) is 10.4. The van der Waals surface area contributed by atoms with Crippen molar-refractivity contribution in [3.8, 4) is 0 Å². The lowest BCUT2D eigenvalue weighted by atomic mass is 10.1. The summed E-state index contributed by atoms with van der Waals surface area (Å²) in [4.78, 5) is 26.5. The molecule has 1 aliphatic heterocycles. The second-order valence-corrected chi connectivity index (χ2v) is 3.25. The number of pyridine rings is 1. The third-order valence-corrected chi connectivity index (χ3v) is 2.33. The van der Waals surface area contributed by atoms with E-state index in [0.29, 0.717) is 5.39 Å². The number of rotatable bonds is 0. The Morgan fingerprint density at radius 1 is 1.07 bits per heavy atom. The van der Waals surface area contributed by atoms with Crippen molar-refractivity contribution in [3.63, 3.8) is 0 Å². The van der Waals surface area contributed by atoms with Crippen molar-refractivity contribution in [3.05, 3.63) is 41.7 Å². The standard InChI is InChI=1S/C11H5NO3/c13-10-8-5-6-3-1-2-4-7(6)9(12-8)11(14)15-10/h1-5H. The van der Waals surface area contributed by atoms with Crippen LogP contribution in [0.4, 0.5) is 0 Å². The third-order valence-electron chi connectivity index (χ3n) is 2.33. The van der Waals surface area contributed by atoms with Crippen LogP contribution in [-0.2, 0) is 4.74 Å². The second kappa shape index (κ2) is 2.63. The molecule has 0 fully saturated rings. The molecule has 0 aliphatic carbocycles. The van der Waals surface area contributed by atoms with Crippen LogP contribution in [0.5, 0.6) is 0 Å². The van der Waals surface area contributed by atoms with Gasteiger partial charge in [-0.1, -0.05) is 24.3 Å². The Labute approximate surface area is 84.5 Å². The highest BCUT2D eigenvalue weighted by atomic mass is 16.6. The third kappa shape index (κ3) is 1.05. The Balaban J connectivity index is 2.48. The number of aromatic nitrogens is 1. The molecule has 0 atom stereocenters. The van der Waals surface area contributed by atoms with Crippen LogP contribution in [0, 0.1) is 0 Å². The van der Waals surface area contributed by atoms with Gasteiger partial charge in [0, 0.05) is 5.39 Å². The number of fused-ring (bicyclic) bond motifs is 4. The second-order valence-electron chi connectivity index (χ2n) is 3.25. The fourth-order valence-corrected chi connectivity index (χ4v) is 1.64. The molecule has 0 amide bonds. The van der Waals surface area contributed by atoms with Crippen molar-refractivity contribution in [2.45, 2.75) is 0 Å². The molecule has 2 heterocycles. The van der Waals surface area contributed by atoms with Gasteiger partial charge in [0.1, 0.15) is 0 Å². The van der Waals surface area contributed by atoms with E-state index in [1.165, 1.54) is 0 Å². The molecule has 1 aromatic heterocycles. The minimum atomic E-state index is -0.682. The number of carbonyl (C=O) groups is 2. The van der Waals surface area contributed by atoms with E-state index in [-0.39, 0.29) is 11.4 Å². The summed E-state index contributed by atoms with van der Waals surface area (Å²) in [7, 11) is 0. The first-order chi connectivity index (χ1) is 7.25. The number of hydrogen-bond acceptors (Lipinski definition) is 4. The van der Waals surface area contributed by atoms with E-state index < -0.39 is 11.9 Å². The number of esters is 2. The summed E-state index contributed by atoms with van der Waals surface area (Å²) < 4.78 is 4.53. The molecule has 0 radical (unpaired) electrons. The van der Waals surface area contributed by atoms with Gasteiger partial charge in [-0.3, -0.25) is 0 Å². The predicted octanol–water partition coefficient (Wildman–Crippen LogP) is 1.55. The van der Waals surface area contributed by atoms with Crippen molar-refractivity contribution in [1.82, 2.24) is 4.98 Å². The normalized spacial score (nSPS) is 14.1. The Bertz CT molecular complexity index is 604. The molecule has 15 heavy (non-hydrogen) atoms. The topological polar surface area (TPSA) is 56.3 Å². The number of cyclic esters (lactones) is 2. The zero-order valence-electron chi connectivity index (χ0n) is 7.56. The van der Waals surface area contributed by atoms with Crippen molar-refractivity contribution in [1.29, 1.82) is 0 Å². The van der Waals surface area contributed by atoms with Gasteiger partial charge < -0.3 is 4.74 Å². The smallest absolute Gasteiger partial charge is 0.365 e. The molecule has 0 saturated carbocycles. The lowest BCUT2D eigenvalue weighted by molar-refractivity contribution is 0.0371. The minimum absolute atomic E-state index is 0.184. The van der Waals surface area contributed by atoms with Crippen LogP contribution in [0.1, 0.15) is 21.0 Å². The largest absolute Gasteiger partial charge is 0.383 e. The van der Waals surface area contributed by atoms with Crippen LogP contribution < -0.4 is 0 Å². The van der Waals surface area contributed by atoms with Gasteiger partial charge in [0.2, 0.25) is 0 Å². The summed E-state index contributed by atoms with van der Waals surface area (Å²) in [6.45, 7) is 0. The lowest BCUT2D eigenvalue weighted by Crippen LogP contribution is -2.22. The summed E-state index contributed by atoms with van der Waals surface area (Å²) >= 11 is 0. The van der Waals surface area contributed by atoms with E-state index in [4.69, 9.17) is 0 Å². The number of nitrogens with zero attached hydrogens (tertiary/aromatic N) is 1. The predicted molar refractivity (Wildman–Crippen MR) is 51.5 cm³/mol. The molecule has 3 rings (SSSR count). The van der Waals surface area contributed by atoms with Crippen LogP contribution >= 0.6 is 0 Å². The molecule has 0 unspecified atom stereocenters. The molecular formula is C11H5NO3. The Kier molecular flexibility index (Phi) is 1.42. The zero-order valence-corrected chi connectivity index (χ0v) is 7.56. The molecule has 2 bridgehead atoms. The van der Waals surface area contributed by atoms with E-state index in [1.807, 2.05) is 18.2 Å². The highest BCUT2D eigenvalue weighted by Gasteiger charge is 2.26. The monoisotopic (exact) mass is 199 g/mol. The summed E-state index contributed by atoms with van der Waals surface area (Å²) in [5, 5.41) is 1.53. The molecule has 0 spiro atoms. The van der Waals surface area contributed by atoms with E-state index in [1.54, 1.807) is 12.1 Å². The van der Waals surface area contributed by atoms with Gasteiger partial charge in [0.25, 0.3) is 0 Å². The molecular weight excluding hydrogens is 194 g/mol. The van der Waals surface area contributed by atoms with E-state index in [0.717, 1.165) is 5.39 Å². The quantitative estimate of drug-likeness (QED) is 0.477. The van der Waals surface area contributed by atoms with Crippen molar-refractivity contribution in [2.75, 3.05) is 0 Å². The van der Waals surface area contributed by atoms with Crippen molar-refractivity contribution in [2.24, 2.45) is 0 Å². The highest BCUT2D eigenvalue weighted by Crippen LogP contribution is 2.22. The molecule has 2 aromatic rings. The van der Waals surface area contributed by atoms with Crippen LogP contribution in [0.2, 0.25) is 0 Å². The first-order valence-corrected chi connectivity index (χ1v) is 4.42. The molecule has 1 aliphatic rings. The van der Waals surface area contributed by atoms with Gasteiger partial charge in [-0.2, -0.15) is 0 Å². The number of benzene rings is 1. The lowest BCUT2D eigenvalue weighted by Gasteiger charge is -2.12. The van der Waals surface area contributed by atoms with Gasteiger partial charge >= 0.3 is 11.9 Å². The van der Waals surface area contributed by atoms with Gasteiger partial charge in [0.15, 0.2) is 11.4 Å². The fourth-order valence-electron chi connectivity index (χ4n) is 1.64. The molecule has 72 valence electrons. The van der Waals surface area contributed by atoms with Crippen LogP contribution in [0.3, 0.4) is 0 Å². The summed E-state index contributed by atoms with van der Waals surface area (Å²) in [6.07, 6.45) is 0. The van der Waals surface area contributed by atoms with E-state index >= 15 is 0 Å². The average Bonchev–Trinajstić information content (AvgIpc) is 2.26.